The molecule has 0 saturated heterocycles. The molecule has 2 heterocycles. The van der Waals surface area contributed by atoms with Crippen LogP contribution in [0.25, 0.3) is 21.9 Å². The van der Waals surface area contributed by atoms with E-state index < -0.39 is 5.91 Å². The molecule has 0 unspecified atom stereocenters. The summed E-state index contributed by atoms with van der Waals surface area (Å²) in [6, 6.07) is 13.5. The highest BCUT2D eigenvalue weighted by Crippen LogP contribution is 2.26. The third-order valence-electron chi connectivity index (χ3n) is 4.38. The molecule has 0 aliphatic heterocycles. The number of amides is 1. The third kappa shape index (κ3) is 4.55. The van der Waals surface area contributed by atoms with E-state index in [2.05, 4.69) is 15.3 Å². The number of carbonyl (C=O) groups excluding carboxylic acids is 1. The topological polar surface area (TPSA) is 77.2 Å². The molecule has 0 fully saturated rings. The van der Waals surface area contributed by atoms with E-state index in [-0.39, 0.29) is 11.7 Å². The Kier molecular flexibility index (Phi) is 5.85. The molecule has 0 bridgehead atoms. The molecule has 6 nitrogen and oxygen atoms in total. The Morgan fingerprint density at radius 2 is 1.87 bits per heavy atom. The van der Waals surface area contributed by atoms with E-state index in [0.717, 1.165) is 22.0 Å². The first-order valence-electron chi connectivity index (χ1n) is 9.21. The average Bonchev–Trinajstić information content (AvgIpc) is 3.44. The molecule has 0 aliphatic carbocycles. The highest BCUT2D eigenvalue weighted by atomic mass is 32.1. The monoisotopic (exact) mass is 423 g/mol. The van der Waals surface area contributed by atoms with Gasteiger partial charge in [0.25, 0.3) is 5.89 Å². The molecule has 0 saturated carbocycles. The Morgan fingerprint density at radius 3 is 2.60 bits per heavy atom. The summed E-state index contributed by atoms with van der Waals surface area (Å²) in [4.78, 5) is 20.9. The van der Waals surface area contributed by atoms with Gasteiger partial charge in [-0.3, -0.25) is 4.79 Å². The van der Waals surface area contributed by atoms with Crippen LogP contribution in [0.4, 0.5) is 4.39 Å². The molecule has 2 aromatic heterocycles. The molecule has 4 aromatic rings. The molecule has 30 heavy (non-hydrogen) atoms. The summed E-state index contributed by atoms with van der Waals surface area (Å²) in [5.41, 5.74) is 2.56. The maximum absolute atomic E-state index is 13.0. The summed E-state index contributed by atoms with van der Waals surface area (Å²) >= 11 is 1.55. The largest absolute Gasteiger partial charge is 0.497 e. The van der Waals surface area contributed by atoms with E-state index in [9.17, 15) is 9.18 Å². The van der Waals surface area contributed by atoms with Crippen LogP contribution >= 0.6 is 11.3 Å². The van der Waals surface area contributed by atoms with Gasteiger partial charge in [-0.15, -0.1) is 11.3 Å². The molecule has 1 N–H and O–H groups in total. The van der Waals surface area contributed by atoms with Crippen LogP contribution in [0.1, 0.15) is 16.4 Å². The molecule has 4 rings (SSSR count). The maximum Gasteiger partial charge on any atom is 0.307 e. The van der Waals surface area contributed by atoms with Gasteiger partial charge in [0.2, 0.25) is 0 Å². The van der Waals surface area contributed by atoms with Gasteiger partial charge in [-0.1, -0.05) is 0 Å². The number of methoxy groups -OCH3 is 1. The van der Waals surface area contributed by atoms with E-state index in [1.165, 1.54) is 18.3 Å². The molecule has 0 spiro atoms. The van der Waals surface area contributed by atoms with Crippen LogP contribution < -0.4 is 10.1 Å². The molecule has 0 aliphatic rings. The SMILES string of the molecule is COc1ccc(-c2nc(CCNC(=O)c3ncc(-c4ccc(F)cc4)o3)cs2)cc1. The van der Waals surface area contributed by atoms with E-state index >= 15 is 0 Å². The Hall–Kier alpha value is -3.52. The smallest absolute Gasteiger partial charge is 0.307 e. The number of oxazole rings is 1. The number of thiazole rings is 1. The zero-order valence-electron chi connectivity index (χ0n) is 16.1. The van der Waals surface area contributed by atoms with Gasteiger partial charge >= 0.3 is 5.91 Å². The van der Waals surface area contributed by atoms with Gasteiger partial charge in [0, 0.05) is 29.5 Å². The lowest BCUT2D eigenvalue weighted by atomic mass is 10.2. The maximum atomic E-state index is 13.0. The molecular formula is C22H18FN3O3S. The van der Waals surface area contributed by atoms with Gasteiger partial charge in [-0.2, -0.15) is 0 Å². The van der Waals surface area contributed by atoms with Crippen LogP contribution in [0.3, 0.4) is 0 Å². The van der Waals surface area contributed by atoms with Crippen molar-refractivity contribution in [2.45, 2.75) is 6.42 Å². The zero-order valence-corrected chi connectivity index (χ0v) is 16.9. The number of rotatable bonds is 7. The standard InChI is InChI=1S/C22H18FN3O3S/c1-28-18-8-4-15(5-9-18)22-26-17(13-30-22)10-11-24-20(27)21-25-12-19(29-21)14-2-6-16(23)7-3-14/h2-9,12-13H,10-11H2,1H3,(H,24,27). The number of nitrogens with one attached hydrogen (secondary N) is 1. The summed E-state index contributed by atoms with van der Waals surface area (Å²) in [5, 5.41) is 5.67. The third-order valence-corrected chi connectivity index (χ3v) is 5.32. The summed E-state index contributed by atoms with van der Waals surface area (Å²) in [7, 11) is 1.63. The van der Waals surface area contributed by atoms with Crippen molar-refractivity contribution in [3.63, 3.8) is 0 Å². The number of carbonyl (C=O) groups is 1. The fourth-order valence-corrected chi connectivity index (χ4v) is 3.65. The van der Waals surface area contributed by atoms with Gasteiger partial charge in [0.05, 0.1) is 19.0 Å². The molecule has 1 amide bonds. The highest BCUT2D eigenvalue weighted by Gasteiger charge is 2.14. The highest BCUT2D eigenvalue weighted by molar-refractivity contribution is 7.13. The lowest BCUT2D eigenvalue weighted by Crippen LogP contribution is -2.26. The van der Waals surface area contributed by atoms with Crippen LogP contribution in [-0.2, 0) is 6.42 Å². The van der Waals surface area contributed by atoms with Gasteiger partial charge in [0.15, 0.2) is 5.76 Å². The van der Waals surface area contributed by atoms with Crippen molar-refractivity contribution in [3.8, 4) is 27.6 Å². The van der Waals surface area contributed by atoms with E-state index in [0.29, 0.717) is 24.3 Å². The van der Waals surface area contributed by atoms with Crippen molar-refractivity contribution >= 4 is 17.2 Å². The summed E-state index contributed by atoms with van der Waals surface area (Å²) in [6.07, 6.45) is 2.04. The van der Waals surface area contributed by atoms with E-state index in [1.807, 2.05) is 29.6 Å². The van der Waals surface area contributed by atoms with Gasteiger partial charge in [-0.25, -0.2) is 14.4 Å². The first-order valence-corrected chi connectivity index (χ1v) is 10.1. The molecule has 152 valence electrons. The zero-order chi connectivity index (χ0) is 20.9. The minimum Gasteiger partial charge on any atom is -0.497 e. The minimum absolute atomic E-state index is 0.0356. The van der Waals surface area contributed by atoms with Crippen molar-refractivity contribution in [2.75, 3.05) is 13.7 Å². The first kappa shape index (κ1) is 19.8. The number of ether oxygens (including phenoxy) is 1. The second-order valence-corrected chi connectivity index (χ2v) is 7.27. The first-order chi connectivity index (χ1) is 14.6. The lowest BCUT2D eigenvalue weighted by Gasteiger charge is -2.01. The van der Waals surface area contributed by atoms with Gasteiger partial charge < -0.3 is 14.5 Å². The minimum atomic E-state index is -0.408. The second kappa shape index (κ2) is 8.87. The van der Waals surface area contributed by atoms with Crippen molar-refractivity contribution < 1.29 is 18.3 Å². The Labute approximate surface area is 176 Å². The van der Waals surface area contributed by atoms with Crippen molar-refractivity contribution in [1.82, 2.24) is 15.3 Å². The Bertz CT molecular complexity index is 1140. The fraction of sp³-hybridized carbons (Fsp3) is 0.136. The number of hydrogen-bond donors (Lipinski definition) is 1. The van der Waals surface area contributed by atoms with E-state index in [4.69, 9.17) is 9.15 Å². The fourth-order valence-electron chi connectivity index (χ4n) is 2.79. The van der Waals surface area contributed by atoms with Crippen molar-refractivity contribution in [1.29, 1.82) is 0 Å². The molecule has 2 aromatic carbocycles. The molecule has 8 heteroatoms. The summed E-state index contributed by atoms with van der Waals surface area (Å²) in [6.45, 7) is 0.402. The van der Waals surface area contributed by atoms with E-state index in [1.54, 1.807) is 30.6 Å². The van der Waals surface area contributed by atoms with Crippen molar-refractivity contribution in [3.05, 3.63) is 77.5 Å². The van der Waals surface area contributed by atoms with Gasteiger partial charge in [0.1, 0.15) is 16.6 Å². The lowest BCUT2D eigenvalue weighted by molar-refractivity contribution is 0.0920. The average molecular weight is 423 g/mol. The summed E-state index contributed by atoms with van der Waals surface area (Å²) < 4.78 is 23.7. The number of nitrogens with zero attached hydrogens (tertiary/aromatic N) is 2. The van der Waals surface area contributed by atoms with Crippen LogP contribution in [0, 0.1) is 5.82 Å². The quantitative estimate of drug-likeness (QED) is 0.471. The second-order valence-electron chi connectivity index (χ2n) is 6.41. The predicted molar refractivity (Wildman–Crippen MR) is 112 cm³/mol. The van der Waals surface area contributed by atoms with Crippen LogP contribution in [0.2, 0.25) is 0 Å². The summed E-state index contributed by atoms with van der Waals surface area (Å²) in [5.74, 6) is 0.421. The van der Waals surface area contributed by atoms with Gasteiger partial charge in [-0.05, 0) is 48.5 Å². The van der Waals surface area contributed by atoms with Crippen LogP contribution in [0.5, 0.6) is 5.75 Å². The molecule has 0 atom stereocenters. The van der Waals surface area contributed by atoms with Crippen LogP contribution in [-0.4, -0.2) is 29.5 Å². The Morgan fingerprint density at radius 1 is 1.13 bits per heavy atom. The number of hydrogen-bond acceptors (Lipinski definition) is 6. The number of aromatic nitrogens is 2. The van der Waals surface area contributed by atoms with Crippen molar-refractivity contribution in [2.24, 2.45) is 0 Å². The number of benzene rings is 2. The predicted octanol–water partition coefficient (Wildman–Crippen LogP) is 4.59. The number of halogens is 1. The molecular weight excluding hydrogens is 405 g/mol. The normalized spacial score (nSPS) is 10.7. The molecule has 0 radical (unpaired) electrons. The Balaban J connectivity index is 1.32. The van der Waals surface area contributed by atoms with Crippen LogP contribution in [0.15, 0.2) is 64.5 Å².